The van der Waals surface area contributed by atoms with Gasteiger partial charge in [-0.1, -0.05) is 42.1 Å². The van der Waals surface area contributed by atoms with Gasteiger partial charge in [0.2, 0.25) is 0 Å². The molecule has 3 nitrogen and oxygen atoms in total. The molecule has 1 atom stereocenters. The summed E-state index contributed by atoms with van der Waals surface area (Å²) in [4.78, 5) is 20.5. The van der Waals surface area contributed by atoms with Gasteiger partial charge in [-0.2, -0.15) is 0 Å². The van der Waals surface area contributed by atoms with E-state index in [0.29, 0.717) is 5.16 Å². The van der Waals surface area contributed by atoms with Crippen molar-refractivity contribution in [1.29, 1.82) is 0 Å². The van der Waals surface area contributed by atoms with Crippen LogP contribution in [0.5, 0.6) is 0 Å². The summed E-state index contributed by atoms with van der Waals surface area (Å²) >= 11 is 1.38. The lowest BCUT2D eigenvalue weighted by molar-refractivity contribution is 0.0994. The van der Waals surface area contributed by atoms with Crippen LogP contribution in [0, 0.1) is 6.92 Å². The monoisotopic (exact) mass is 258 g/mol. The lowest BCUT2D eigenvalue weighted by atomic mass is 10.1. The fraction of sp³-hybridized carbons (Fsp3) is 0.214. The molecular weight excluding hydrogens is 244 g/mol. The number of carbonyl (C=O) groups is 1. The molecule has 0 spiro atoms. The van der Waals surface area contributed by atoms with Crippen molar-refractivity contribution < 1.29 is 4.79 Å². The molecule has 0 aliphatic heterocycles. The van der Waals surface area contributed by atoms with Crippen LogP contribution in [0.2, 0.25) is 0 Å². The number of hydrogen-bond acceptors (Lipinski definition) is 4. The van der Waals surface area contributed by atoms with Crippen LogP contribution in [-0.2, 0) is 0 Å². The number of thioether (sulfide) groups is 1. The molecule has 0 aliphatic rings. The topological polar surface area (TPSA) is 42.9 Å². The van der Waals surface area contributed by atoms with E-state index in [9.17, 15) is 4.79 Å². The SMILES string of the molecule is Cc1cnc(SC(C)C(=O)c2ccccc2)nc1. The predicted octanol–water partition coefficient (Wildman–Crippen LogP) is 3.15. The summed E-state index contributed by atoms with van der Waals surface area (Å²) in [5.41, 5.74) is 1.74. The standard InChI is InChI=1S/C14H14N2OS/c1-10-8-15-14(16-9-10)18-11(2)13(17)12-6-4-3-5-7-12/h3-9,11H,1-2H3. The molecule has 0 aliphatic carbocycles. The number of hydrogen-bond donors (Lipinski definition) is 0. The van der Waals surface area contributed by atoms with Crippen molar-refractivity contribution in [1.82, 2.24) is 9.97 Å². The normalized spacial score (nSPS) is 12.1. The number of rotatable bonds is 4. The molecule has 4 heteroatoms. The third-order valence-corrected chi connectivity index (χ3v) is 3.46. The van der Waals surface area contributed by atoms with Crippen LogP contribution in [0.4, 0.5) is 0 Å². The van der Waals surface area contributed by atoms with Crippen LogP contribution in [0.25, 0.3) is 0 Å². The van der Waals surface area contributed by atoms with E-state index >= 15 is 0 Å². The average Bonchev–Trinajstić information content (AvgIpc) is 2.41. The van der Waals surface area contributed by atoms with E-state index in [0.717, 1.165) is 11.1 Å². The number of ketones is 1. The number of nitrogens with zero attached hydrogens (tertiary/aromatic N) is 2. The summed E-state index contributed by atoms with van der Waals surface area (Å²) in [6.07, 6.45) is 3.52. The molecule has 1 heterocycles. The third-order valence-electron chi connectivity index (χ3n) is 2.47. The maximum atomic E-state index is 12.1. The van der Waals surface area contributed by atoms with Gasteiger partial charge in [-0.15, -0.1) is 0 Å². The van der Waals surface area contributed by atoms with E-state index < -0.39 is 0 Å². The molecule has 1 aromatic heterocycles. The fourth-order valence-electron chi connectivity index (χ4n) is 1.49. The molecular formula is C14H14N2OS. The molecule has 0 saturated carbocycles. The number of aromatic nitrogens is 2. The Kier molecular flexibility index (Phi) is 4.10. The van der Waals surface area contributed by atoms with Crippen LogP contribution in [0.3, 0.4) is 0 Å². The first-order chi connectivity index (χ1) is 8.66. The first-order valence-corrected chi connectivity index (χ1v) is 6.59. The molecule has 0 N–H and O–H groups in total. The van der Waals surface area contributed by atoms with Crippen molar-refractivity contribution in [2.45, 2.75) is 24.3 Å². The molecule has 0 saturated heterocycles. The van der Waals surface area contributed by atoms with Crippen LogP contribution in [-0.4, -0.2) is 21.0 Å². The molecule has 2 rings (SSSR count). The minimum absolute atomic E-state index is 0.102. The molecule has 92 valence electrons. The zero-order valence-electron chi connectivity index (χ0n) is 10.3. The highest BCUT2D eigenvalue weighted by Gasteiger charge is 2.17. The second-order valence-corrected chi connectivity index (χ2v) is 5.34. The van der Waals surface area contributed by atoms with Gasteiger partial charge in [0, 0.05) is 18.0 Å². The highest BCUT2D eigenvalue weighted by Crippen LogP contribution is 2.22. The van der Waals surface area contributed by atoms with Crippen molar-refractivity contribution >= 4 is 17.5 Å². The van der Waals surface area contributed by atoms with E-state index in [1.165, 1.54) is 11.8 Å². The summed E-state index contributed by atoms with van der Waals surface area (Å²) in [6.45, 7) is 3.82. The van der Waals surface area contributed by atoms with Gasteiger partial charge < -0.3 is 0 Å². The van der Waals surface area contributed by atoms with Gasteiger partial charge in [0.1, 0.15) is 0 Å². The van der Waals surface area contributed by atoms with Gasteiger partial charge >= 0.3 is 0 Å². The van der Waals surface area contributed by atoms with Crippen LogP contribution >= 0.6 is 11.8 Å². The van der Waals surface area contributed by atoms with Gasteiger partial charge in [0.15, 0.2) is 10.9 Å². The summed E-state index contributed by atoms with van der Waals surface area (Å²) in [5.74, 6) is 0.102. The average molecular weight is 258 g/mol. The van der Waals surface area contributed by atoms with Crippen molar-refractivity contribution in [2.24, 2.45) is 0 Å². The van der Waals surface area contributed by atoms with E-state index in [4.69, 9.17) is 0 Å². The Morgan fingerprint density at radius 1 is 1.17 bits per heavy atom. The van der Waals surface area contributed by atoms with Crippen molar-refractivity contribution in [3.63, 3.8) is 0 Å². The number of aryl methyl sites for hydroxylation is 1. The first kappa shape index (κ1) is 12.8. The summed E-state index contributed by atoms with van der Waals surface area (Å²) in [5, 5.41) is 0.451. The Morgan fingerprint density at radius 3 is 2.39 bits per heavy atom. The van der Waals surface area contributed by atoms with Crippen LogP contribution in [0.15, 0.2) is 47.9 Å². The zero-order valence-corrected chi connectivity index (χ0v) is 11.1. The van der Waals surface area contributed by atoms with E-state index in [-0.39, 0.29) is 11.0 Å². The lowest BCUT2D eigenvalue weighted by Gasteiger charge is -2.08. The van der Waals surface area contributed by atoms with E-state index in [1.54, 1.807) is 12.4 Å². The highest BCUT2D eigenvalue weighted by atomic mass is 32.2. The smallest absolute Gasteiger partial charge is 0.188 e. The Hall–Kier alpha value is -1.68. The van der Waals surface area contributed by atoms with Gasteiger partial charge in [0.25, 0.3) is 0 Å². The first-order valence-electron chi connectivity index (χ1n) is 5.71. The molecule has 0 fully saturated rings. The maximum Gasteiger partial charge on any atom is 0.188 e. The molecule has 0 bridgehead atoms. The Balaban J connectivity index is 2.06. The Bertz CT molecular complexity index is 525. The Labute approximate surface area is 111 Å². The second-order valence-electron chi connectivity index (χ2n) is 4.03. The van der Waals surface area contributed by atoms with Gasteiger partial charge in [-0.3, -0.25) is 4.79 Å². The molecule has 1 aromatic carbocycles. The molecule has 1 unspecified atom stereocenters. The molecule has 18 heavy (non-hydrogen) atoms. The fourth-order valence-corrected chi connectivity index (χ4v) is 2.28. The second kappa shape index (κ2) is 5.78. The van der Waals surface area contributed by atoms with E-state index in [1.807, 2.05) is 44.2 Å². The number of Topliss-reactive ketones (excluding diaryl/α,β-unsaturated/α-hetero) is 1. The third kappa shape index (κ3) is 3.17. The van der Waals surface area contributed by atoms with Crippen molar-refractivity contribution in [3.05, 3.63) is 53.9 Å². The van der Waals surface area contributed by atoms with Crippen LogP contribution < -0.4 is 0 Å². The largest absolute Gasteiger partial charge is 0.293 e. The zero-order chi connectivity index (χ0) is 13.0. The van der Waals surface area contributed by atoms with Crippen LogP contribution in [0.1, 0.15) is 22.8 Å². The lowest BCUT2D eigenvalue weighted by Crippen LogP contribution is -2.13. The Morgan fingerprint density at radius 2 is 1.78 bits per heavy atom. The number of carbonyl (C=O) groups excluding carboxylic acids is 1. The van der Waals surface area contributed by atoms with Crippen molar-refractivity contribution in [2.75, 3.05) is 0 Å². The van der Waals surface area contributed by atoms with E-state index in [2.05, 4.69) is 9.97 Å². The quantitative estimate of drug-likeness (QED) is 0.480. The minimum Gasteiger partial charge on any atom is -0.293 e. The summed E-state index contributed by atoms with van der Waals surface area (Å²) < 4.78 is 0. The summed E-state index contributed by atoms with van der Waals surface area (Å²) in [6, 6.07) is 9.29. The summed E-state index contributed by atoms with van der Waals surface area (Å²) in [7, 11) is 0. The van der Waals surface area contributed by atoms with Gasteiger partial charge in [0.05, 0.1) is 5.25 Å². The predicted molar refractivity (Wildman–Crippen MR) is 72.9 cm³/mol. The number of benzene rings is 1. The highest BCUT2D eigenvalue weighted by molar-refractivity contribution is 8.00. The molecule has 0 amide bonds. The van der Waals surface area contributed by atoms with Gasteiger partial charge in [-0.05, 0) is 19.4 Å². The minimum atomic E-state index is -0.185. The molecule has 2 aromatic rings. The molecule has 0 radical (unpaired) electrons. The van der Waals surface area contributed by atoms with Gasteiger partial charge in [-0.25, -0.2) is 9.97 Å². The maximum absolute atomic E-state index is 12.1. The van der Waals surface area contributed by atoms with Crippen molar-refractivity contribution in [3.8, 4) is 0 Å².